The van der Waals surface area contributed by atoms with Gasteiger partial charge in [-0.3, -0.25) is 9.59 Å². The van der Waals surface area contributed by atoms with Crippen LogP contribution in [0.3, 0.4) is 0 Å². The van der Waals surface area contributed by atoms with Crippen LogP contribution >= 0.6 is 0 Å². The Morgan fingerprint density at radius 2 is 2.16 bits per heavy atom. The molecule has 1 aromatic rings. The molecule has 0 bridgehead atoms. The van der Waals surface area contributed by atoms with Crippen molar-refractivity contribution in [2.75, 3.05) is 20.2 Å². The molecule has 0 atom stereocenters. The molecule has 0 heterocycles. The number of amides is 1. The van der Waals surface area contributed by atoms with Crippen molar-refractivity contribution in [3.05, 3.63) is 42.0 Å². The fourth-order valence-electron chi connectivity index (χ4n) is 1.67. The Balaban J connectivity index is 3.01. The van der Waals surface area contributed by atoms with Gasteiger partial charge in [0.05, 0.1) is 7.11 Å². The van der Waals surface area contributed by atoms with Crippen LogP contribution in [-0.4, -0.2) is 42.1 Å². The van der Waals surface area contributed by atoms with Gasteiger partial charge in [0.1, 0.15) is 12.3 Å². The number of rotatable bonds is 6. The lowest BCUT2D eigenvalue weighted by atomic mass is 10.1. The molecule has 0 fully saturated rings. The minimum absolute atomic E-state index is 0.182. The van der Waals surface area contributed by atoms with Crippen molar-refractivity contribution in [3.63, 3.8) is 0 Å². The molecule has 0 spiro atoms. The van der Waals surface area contributed by atoms with Crippen LogP contribution in [0.2, 0.25) is 0 Å². The van der Waals surface area contributed by atoms with E-state index in [4.69, 9.17) is 9.84 Å². The molecule has 5 nitrogen and oxygen atoms in total. The van der Waals surface area contributed by atoms with E-state index in [2.05, 4.69) is 6.58 Å². The second kappa shape index (κ2) is 6.58. The molecule has 1 rings (SSSR count). The maximum Gasteiger partial charge on any atom is 0.323 e. The summed E-state index contributed by atoms with van der Waals surface area (Å²) in [5.41, 5.74) is 1.30. The van der Waals surface area contributed by atoms with E-state index in [9.17, 15) is 9.59 Å². The highest BCUT2D eigenvalue weighted by Gasteiger charge is 2.18. The number of hydrogen-bond donors (Lipinski definition) is 1. The van der Waals surface area contributed by atoms with Crippen LogP contribution in [0.15, 0.2) is 30.9 Å². The highest BCUT2D eigenvalue weighted by molar-refractivity contribution is 5.96. The van der Waals surface area contributed by atoms with Crippen LogP contribution in [-0.2, 0) is 4.79 Å². The fourth-order valence-corrected chi connectivity index (χ4v) is 1.67. The summed E-state index contributed by atoms with van der Waals surface area (Å²) in [5.74, 6) is -0.824. The van der Waals surface area contributed by atoms with E-state index in [1.165, 1.54) is 18.1 Å². The summed E-state index contributed by atoms with van der Waals surface area (Å²) in [5, 5.41) is 8.80. The van der Waals surface area contributed by atoms with E-state index >= 15 is 0 Å². The molecular weight excluding hydrogens is 246 g/mol. The van der Waals surface area contributed by atoms with Crippen LogP contribution in [0.1, 0.15) is 15.9 Å². The summed E-state index contributed by atoms with van der Waals surface area (Å²) in [6.07, 6.45) is 1.49. The number of ether oxygens (including phenoxy) is 1. The molecule has 0 saturated carbocycles. The smallest absolute Gasteiger partial charge is 0.323 e. The number of carboxylic acid groups (broad SMARTS) is 1. The van der Waals surface area contributed by atoms with Crippen LogP contribution in [0.25, 0.3) is 0 Å². The number of aryl methyl sites for hydroxylation is 1. The highest BCUT2D eigenvalue weighted by Crippen LogP contribution is 2.20. The number of benzene rings is 1. The van der Waals surface area contributed by atoms with Crippen LogP contribution in [0.4, 0.5) is 0 Å². The summed E-state index contributed by atoms with van der Waals surface area (Å²) in [4.78, 5) is 24.2. The van der Waals surface area contributed by atoms with Crippen LogP contribution in [0.5, 0.6) is 5.75 Å². The van der Waals surface area contributed by atoms with Gasteiger partial charge in [0, 0.05) is 12.1 Å². The average Bonchev–Trinajstić information content (AvgIpc) is 2.37. The summed E-state index contributed by atoms with van der Waals surface area (Å²) < 4.78 is 5.15. The second-order valence-corrected chi connectivity index (χ2v) is 4.05. The van der Waals surface area contributed by atoms with Gasteiger partial charge < -0.3 is 14.7 Å². The topological polar surface area (TPSA) is 66.8 Å². The van der Waals surface area contributed by atoms with E-state index in [0.29, 0.717) is 11.3 Å². The maximum atomic E-state index is 12.2. The number of carbonyl (C=O) groups excluding carboxylic acids is 1. The van der Waals surface area contributed by atoms with E-state index < -0.39 is 5.97 Å². The molecule has 19 heavy (non-hydrogen) atoms. The second-order valence-electron chi connectivity index (χ2n) is 4.05. The Morgan fingerprint density at radius 1 is 1.47 bits per heavy atom. The van der Waals surface area contributed by atoms with Crippen molar-refractivity contribution in [3.8, 4) is 5.75 Å². The standard InChI is InChI=1S/C14H17NO4/c1-4-7-15(9-13(16)17)14(18)11-6-5-10(2)12(8-11)19-3/h4-6,8H,1,7,9H2,2-3H3,(H,16,17). The summed E-state index contributed by atoms with van der Waals surface area (Å²) in [6, 6.07) is 5.02. The van der Waals surface area contributed by atoms with Gasteiger partial charge >= 0.3 is 5.97 Å². The lowest BCUT2D eigenvalue weighted by Gasteiger charge is -2.19. The molecule has 0 saturated heterocycles. The zero-order valence-corrected chi connectivity index (χ0v) is 11.0. The number of carboxylic acids is 1. The summed E-state index contributed by atoms with van der Waals surface area (Å²) >= 11 is 0. The Bertz CT molecular complexity index is 496. The monoisotopic (exact) mass is 263 g/mol. The van der Waals surface area contributed by atoms with E-state index in [0.717, 1.165) is 5.56 Å². The van der Waals surface area contributed by atoms with E-state index in [-0.39, 0.29) is 19.0 Å². The van der Waals surface area contributed by atoms with Gasteiger partial charge in [-0.05, 0) is 24.6 Å². The Kier molecular flexibility index (Phi) is 5.11. The molecular formula is C14H17NO4. The fraction of sp³-hybridized carbons (Fsp3) is 0.286. The van der Waals surface area contributed by atoms with E-state index in [1.54, 1.807) is 18.2 Å². The molecule has 0 aliphatic rings. The van der Waals surface area contributed by atoms with Crippen molar-refractivity contribution in [2.24, 2.45) is 0 Å². The predicted octanol–water partition coefficient (Wildman–Crippen LogP) is 1.72. The maximum absolute atomic E-state index is 12.2. The lowest BCUT2D eigenvalue weighted by molar-refractivity contribution is -0.137. The predicted molar refractivity (Wildman–Crippen MR) is 71.5 cm³/mol. The number of carbonyl (C=O) groups is 2. The van der Waals surface area contributed by atoms with Gasteiger partial charge in [-0.1, -0.05) is 12.1 Å². The molecule has 5 heteroatoms. The normalized spacial score (nSPS) is 9.79. The van der Waals surface area contributed by atoms with Crippen molar-refractivity contribution >= 4 is 11.9 Å². The third-order valence-corrected chi connectivity index (χ3v) is 2.62. The zero-order valence-electron chi connectivity index (χ0n) is 11.0. The Labute approximate surface area is 112 Å². The lowest BCUT2D eigenvalue weighted by Crippen LogP contribution is -2.35. The third-order valence-electron chi connectivity index (χ3n) is 2.62. The minimum atomic E-state index is -1.06. The van der Waals surface area contributed by atoms with Gasteiger partial charge in [-0.15, -0.1) is 6.58 Å². The quantitative estimate of drug-likeness (QED) is 0.793. The number of aliphatic carboxylic acids is 1. The number of nitrogens with zero attached hydrogens (tertiary/aromatic N) is 1. The van der Waals surface area contributed by atoms with Gasteiger partial charge in [0.25, 0.3) is 5.91 Å². The molecule has 0 aliphatic heterocycles. The zero-order chi connectivity index (χ0) is 14.4. The first-order chi connectivity index (χ1) is 8.99. The van der Waals surface area contributed by atoms with Crippen LogP contribution in [0, 0.1) is 6.92 Å². The Hall–Kier alpha value is -2.30. The molecule has 1 aromatic carbocycles. The van der Waals surface area contributed by atoms with E-state index in [1.807, 2.05) is 6.92 Å². The minimum Gasteiger partial charge on any atom is -0.496 e. The SMILES string of the molecule is C=CCN(CC(=O)O)C(=O)c1ccc(C)c(OC)c1. The number of methoxy groups -OCH3 is 1. The van der Waals surface area contributed by atoms with Crippen molar-refractivity contribution < 1.29 is 19.4 Å². The van der Waals surface area contributed by atoms with Crippen molar-refractivity contribution in [1.29, 1.82) is 0 Å². The van der Waals surface area contributed by atoms with Gasteiger partial charge in [-0.2, -0.15) is 0 Å². The molecule has 1 N–H and O–H groups in total. The number of hydrogen-bond acceptors (Lipinski definition) is 3. The molecule has 0 radical (unpaired) electrons. The van der Waals surface area contributed by atoms with Crippen LogP contribution < -0.4 is 4.74 Å². The first-order valence-electron chi connectivity index (χ1n) is 5.76. The highest BCUT2D eigenvalue weighted by atomic mass is 16.5. The molecule has 0 unspecified atom stereocenters. The average molecular weight is 263 g/mol. The largest absolute Gasteiger partial charge is 0.496 e. The third kappa shape index (κ3) is 3.84. The first-order valence-corrected chi connectivity index (χ1v) is 5.76. The molecule has 0 aromatic heterocycles. The van der Waals surface area contributed by atoms with Crippen molar-refractivity contribution in [1.82, 2.24) is 4.90 Å². The molecule has 0 aliphatic carbocycles. The van der Waals surface area contributed by atoms with Gasteiger partial charge in [0.15, 0.2) is 0 Å². The van der Waals surface area contributed by atoms with Gasteiger partial charge in [-0.25, -0.2) is 0 Å². The van der Waals surface area contributed by atoms with Crippen molar-refractivity contribution in [2.45, 2.75) is 6.92 Å². The Morgan fingerprint density at radius 3 is 2.68 bits per heavy atom. The summed E-state index contributed by atoms with van der Waals surface area (Å²) in [7, 11) is 1.52. The molecule has 102 valence electrons. The van der Waals surface area contributed by atoms with Gasteiger partial charge in [0.2, 0.25) is 0 Å². The first kappa shape index (κ1) is 14.8. The summed E-state index contributed by atoms with van der Waals surface area (Å²) in [6.45, 7) is 5.21. The molecule has 1 amide bonds.